The van der Waals surface area contributed by atoms with Gasteiger partial charge in [0.15, 0.2) is 0 Å². The van der Waals surface area contributed by atoms with Crippen LogP contribution in [-0.4, -0.2) is 15.3 Å². The van der Waals surface area contributed by atoms with E-state index >= 15 is 0 Å². The molecule has 22 heavy (non-hydrogen) atoms. The van der Waals surface area contributed by atoms with Crippen LogP contribution in [0.25, 0.3) is 5.65 Å². The van der Waals surface area contributed by atoms with E-state index in [9.17, 15) is 4.79 Å². The molecule has 3 rings (SSSR count). The highest BCUT2D eigenvalue weighted by atomic mass is 16.2. The van der Waals surface area contributed by atoms with Gasteiger partial charge in [0, 0.05) is 11.9 Å². The molecular weight excluding hydrogens is 274 g/mol. The monoisotopic (exact) mass is 293 g/mol. The smallest absolute Gasteiger partial charge is 0.274 e. The molecule has 0 atom stereocenters. The summed E-state index contributed by atoms with van der Waals surface area (Å²) in [5.74, 6) is -0.126. The van der Waals surface area contributed by atoms with Crippen LogP contribution in [-0.2, 0) is 6.42 Å². The van der Waals surface area contributed by atoms with Gasteiger partial charge in [0.05, 0.1) is 5.69 Å². The van der Waals surface area contributed by atoms with Crippen molar-refractivity contribution in [1.29, 1.82) is 0 Å². The van der Waals surface area contributed by atoms with E-state index in [0.29, 0.717) is 5.69 Å². The van der Waals surface area contributed by atoms with Crippen molar-refractivity contribution in [3.05, 3.63) is 65.1 Å². The van der Waals surface area contributed by atoms with Crippen LogP contribution in [0.3, 0.4) is 0 Å². The molecule has 0 aliphatic carbocycles. The maximum atomic E-state index is 12.7. The van der Waals surface area contributed by atoms with Gasteiger partial charge >= 0.3 is 0 Å². The minimum Gasteiger partial charge on any atom is -0.321 e. The number of pyridine rings is 1. The van der Waals surface area contributed by atoms with Crippen LogP contribution < -0.4 is 5.32 Å². The van der Waals surface area contributed by atoms with Crippen LogP contribution in [0.5, 0.6) is 0 Å². The largest absolute Gasteiger partial charge is 0.321 e. The topological polar surface area (TPSA) is 46.4 Å². The summed E-state index contributed by atoms with van der Waals surface area (Å²) in [6.45, 7) is 6.04. The number of fused-ring (bicyclic) bond motifs is 1. The third kappa shape index (κ3) is 2.60. The van der Waals surface area contributed by atoms with E-state index in [1.54, 1.807) is 0 Å². The number of aryl methyl sites for hydroxylation is 3. The van der Waals surface area contributed by atoms with Gasteiger partial charge in [0.1, 0.15) is 11.3 Å². The highest BCUT2D eigenvalue weighted by Gasteiger charge is 2.18. The Bertz CT molecular complexity index is 849. The van der Waals surface area contributed by atoms with Gasteiger partial charge in [0.2, 0.25) is 0 Å². The second-order valence-corrected chi connectivity index (χ2v) is 5.52. The number of nitrogens with zero attached hydrogens (tertiary/aromatic N) is 2. The van der Waals surface area contributed by atoms with E-state index in [-0.39, 0.29) is 5.91 Å². The first-order valence-electron chi connectivity index (χ1n) is 7.44. The minimum atomic E-state index is -0.126. The Morgan fingerprint density at radius 2 is 1.95 bits per heavy atom. The van der Waals surface area contributed by atoms with E-state index in [1.807, 2.05) is 67.8 Å². The Hall–Kier alpha value is -2.62. The first-order chi connectivity index (χ1) is 10.6. The number of aromatic nitrogens is 2. The maximum Gasteiger partial charge on any atom is 0.274 e. The molecule has 2 aromatic heterocycles. The van der Waals surface area contributed by atoms with Crippen LogP contribution in [0, 0.1) is 13.8 Å². The quantitative estimate of drug-likeness (QED) is 0.799. The molecule has 0 fully saturated rings. The van der Waals surface area contributed by atoms with Crippen LogP contribution in [0.15, 0.2) is 42.6 Å². The number of benzene rings is 1. The van der Waals surface area contributed by atoms with E-state index in [0.717, 1.165) is 34.6 Å². The summed E-state index contributed by atoms with van der Waals surface area (Å²) in [5.41, 5.74) is 5.28. The lowest BCUT2D eigenvalue weighted by Crippen LogP contribution is -2.16. The molecule has 0 saturated heterocycles. The first kappa shape index (κ1) is 14.3. The zero-order valence-electron chi connectivity index (χ0n) is 13.1. The second-order valence-electron chi connectivity index (χ2n) is 5.52. The molecule has 2 heterocycles. The van der Waals surface area contributed by atoms with Crippen molar-refractivity contribution >= 4 is 17.2 Å². The minimum absolute atomic E-state index is 0.126. The Labute approximate surface area is 129 Å². The van der Waals surface area contributed by atoms with E-state index in [4.69, 9.17) is 0 Å². The third-order valence-electron chi connectivity index (χ3n) is 3.68. The van der Waals surface area contributed by atoms with Crippen LogP contribution in [0.2, 0.25) is 0 Å². The predicted octanol–water partition coefficient (Wildman–Crippen LogP) is 3.77. The van der Waals surface area contributed by atoms with E-state index in [2.05, 4.69) is 10.3 Å². The summed E-state index contributed by atoms with van der Waals surface area (Å²) < 4.78 is 1.86. The SMILES string of the molecule is CCc1nc2cc(C)ccn2c1C(=O)Nc1cccc(C)c1. The molecule has 0 aliphatic rings. The van der Waals surface area contributed by atoms with Gasteiger partial charge < -0.3 is 5.32 Å². The molecule has 0 unspecified atom stereocenters. The lowest BCUT2D eigenvalue weighted by Gasteiger charge is -2.07. The Morgan fingerprint density at radius 3 is 2.68 bits per heavy atom. The molecule has 1 aromatic carbocycles. The van der Waals surface area contributed by atoms with Crippen molar-refractivity contribution in [2.24, 2.45) is 0 Å². The summed E-state index contributed by atoms with van der Waals surface area (Å²) in [4.78, 5) is 17.3. The number of imidazole rings is 1. The van der Waals surface area contributed by atoms with Crippen molar-refractivity contribution in [2.75, 3.05) is 5.32 Å². The fourth-order valence-corrected chi connectivity index (χ4v) is 2.60. The molecule has 4 nitrogen and oxygen atoms in total. The first-order valence-corrected chi connectivity index (χ1v) is 7.44. The van der Waals surface area contributed by atoms with Gasteiger partial charge in [-0.2, -0.15) is 0 Å². The number of hydrogen-bond acceptors (Lipinski definition) is 2. The fourth-order valence-electron chi connectivity index (χ4n) is 2.60. The number of hydrogen-bond donors (Lipinski definition) is 1. The van der Waals surface area contributed by atoms with E-state index < -0.39 is 0 Å². The summed E-state index contributed by atoms with van der Waals surface area (Å²) in [5, 5.41) is 2.97. The van der Waals surface area contributed by atoms with Gasteiger partial charge in [0.25, 0.3) is 5.91 Å². The number of amides is 1. The maximum absolute atomic E-state index is 12.7. The van der Waals surface area contributed by atoms with Crippen LogP contribution in [0.1, 0.15) is 34.2 Å². The van der Waals surface area contributed by atoms with Crippen molar-refractivity contribution < 1.29 is 4.79 Å². The summed E-state index contributed by atoms with van der Waals surface area (Å²) >= 11 is 0. The molecule has 0 bridgehead atoms. The van der Waals surface area contributed by atoms with Crippen molar-refractivity contribution in [2.45, 2.75) is 27.2 Å². The number of carbonyl (C=O) groups excluding carboxylic acids is 1. The molecule has 1 N–H and O–H groups in total. The highest BCUT2D eigenvalue weighted by Crippen LogP contribution is 2.17. The molecule has 0 saturated carbocycles. The summed E-state index contributed by atoms with van der Waals surface area (Å²) in [7, 11) is 0. The average molecular weight is 293 g/mol. The number of anilines is 1. The molecule has 4 heteroatoms. The molecule has 112 valence electrons. The summed E-state index contributed by atoms with van der Waals surface area (Å²) in [6, 6.07) is 11.8. The zero-order valence-corrected chi connectivity index (χ0v) is 13.1. The van der Waals surface area contributed by atoms with Gasteiger partial charge in [-0.3, -0.25) is 9.20 Å². The van der Waals surface area contributed by atoms with Crippen LogP contribution >= 0.6 is 0 Å². The number of carbonyl (C=O) groups is 1. The lowest BCUT2D eigenvalue weighted by molar-refractivity contribution is 0.102. The number of nitrogens with one attached hydrogen (secondary N) is 1. The van der Waals surface area contributed by atoms with Gasteiger partial charge in [-0.05, 0) is 55.7 Å². The predicted molar refractivity (Wildman–Crippen MR) is 88.4 cm³/mol. The third-order valence-corrected chi connectivity index (χ3v) is 3.68. The second kappa shape index (κ2) is 5.64. The molecule has 0 spiro atoms. The van der Waals surface area contributed by atoms with Crippen molar-refractivity contribution in [3.8, 4) is 0 Å². The molecular formula is C18H19N3O. The van der Waals surface area contributed by atoms with Gasteiger partial charge in [-0.15, -0.1) is 0 Å². The standard InChI is InChI=1S/C18H19N3O/c1-4-15-17(21-9-8-13(3)11-16(21)20-15)18(22)19-14-7-5-6-12(2)10-14/h5-11H,4H2,1-3H3,(H,19,22). The molecule has 0 radical (unpaired) electrons. The Kier molecular flexibility index (Phi) is 3.67. The zero-order chi connectivity index (χ0) is 15.7. The number of rotatable bonds is 3. The molecule has 0 aliphatic heterocycles. The van der Waals surface area contributed by atoms with Gasteiger partial charge in [-0.1, -0.05) is 19.1 Å². The summed E-state index contributed by atoms with van der Waals surface area (Å²) in [6.07, 6.45) is 2.62. The Balaban J connectivity index is 2.03. The highest BCUT2D eigenvalue weighted by molar-refractivity contribution is 6.04. The fraction of sp³-hybridized carbons (Fsp3) is 0.222. The van der Waals surface area contributed by atoms with Crippen molar-refractivity contribution in [1.82, 2.24) is 9.38 Å². The molecule has 3 aromatic rings. The lowest BCUT2D eigenvalue weighted by atomic mass is 10.2. The van der Waals surface area contributed by atoms with E-state index in [1.165, 1.54) is 0 Å². The Morgan fingerprint density at radius 1 is 1.18 bits per heavy atom. The van der Waals surface area contributed by atoms with Gasteiger partial charge in [-0.25, -0.2) is 4.98 Å². The normalized spacial score (nSPS) is 10.9. The van der Waals surface area contributed by atoms with Crippen molar-refractivity contribution in [3.63, 3.8) is 0 Å². The molecule has 1 amide bonds. The van der Waals surface area contributed by atoms with Crippen LogP contribution in [0.4, 0.5) is 5.69 Å². The average Bonchev–Trinajstić information content (AvgIpc) is 2.84.